The molecule has 0 amide bonds. The fraction of sp³-hybridized carbons (Fsp3) is 0.154. The van der Waals surface area contributed by atoms with Crippen LogP contribution in [0.2, 0.25) is 4.34 Å². The van der Waals surface area contributed by atoms with Crippen molar-refractivity contribution >= 4 is 33.8 Å². The lowest BCUT2D eigenvalue weighted by molar-refractivity contribution is 0.219. The first kappa shape index (κ1) is 11.7. The van der Waals surface area contributed by atoms with Gasteiger partial charge in [0.2, 0.25) is 0 Å². The molecule has 92 valence electrons. The minimum absolute atomic E-state index is 0.671. The smallest absolute Gasteiger partial charge is 0.133 e. The van der Waals surface area contributed by atoms with Gasteiger partial charge >= 0.3 is 0 Å². The van der Waals surface area contributed by atoms with Crippen molar-refractivity contribution in [2.75, 3.05) is 0 Å². The highest BCUT2D eigenvalue weighted by molar-refractivity contribution is 7.16. The van der Waals surface area contributed by atoms with Gasteiger partial charge < -0.3 is 5.11 Å². The van der Waals surface area contributed by atoms with Gasteiger partial charge in [0.25, 0.3) is 0 Å². The van der Waals surface area contributed by atoms with Gasteiger partial charge in [0.1, 0.15) is 11.8 Å². The lowest BCUT2D eigenvalue weighted by Crippen LogP contribution is -1.99. The van der Waals surface area contributed by atoms with Crippen molar-refractivity contribution in [2.45, 2.75) is 6.10 Å². The van der Waals surface area contributed by atoms with Crippen molar-refractivity contribution in [3.05, 3.63) is 51.3 Å². The Hall–Kier alpha value is -1.36. The number of fused-ring (bicyclic) bond motifs is 1. The van der Waals surface area contributed by atoms with Crippen LogP contribution in [0.1, 0.15) is 16.7 Å². The number of rotatable bonds is 2. The highest BCUT2D eigenvalue weighted by Crippen LogP contribution is 2.33. The van der Waals surface area contributed by atoms with E-state index in [1.807, 2.05) is 37.4 Å². The maximum Gasteiger partial charge on any atom is 0.133 e. The minimum atomic E-state index is -0.728. The summed E-state index contributed by atoms with van der Waals surface area (Å²) in [5.41, 5.74) is 1.68. The van der Waals surface area contributed by atoms with Crippen LogP contribution in [0.15, 0.2) is 36.4 Å². The summed E-state index contributed by atoms with van der Waals surface area (Å²) in [6.45, 7) is 0. The molecule has 0 saturated heterocycles. The van der Waals surface area contributed by atoms with E-state index >= 15 is 0 Å². The summed E-state index contributed by atoms with van der Waals surface area (Å²) in [6.07, 6.45) is -0.728. The zero-order valence-corrected chi connectivity index (χ0v) is 11.2. The molecule has 0 fully saturated rings. The normalized spacial score (nSPS) is 13.1. The third-order valence-electron chi connectivity index (χ3n) is 2.91. The summed E-state index contributed by atoms with van der Waals surface area (Å²) < 4.78 is 2.45. The van der Waals surface area contributed by atoms with Gasteiger partial charge in [0.15, 0.2) is 0 Å². The van der Waals surface area contributed by atoms with Crippen LogP contribution in [0.4, 0.5) is 0 Å². The molecule has 1 aromatic carbocycles. The summed E-state index contributed by atoms with van der Waals surface area (Å²) in [7, 11) is 1.87. The number of aliphatic hydroxyl groups excluding tert-OH is 1. The Morgan fingerprint density at radius 3 is 2.78 bits per heavy atom. The molecule has 0 saturated carbocycles. The molecule has 2 aromatic heterocycles. The number of para-hydroxylation sites is 1. The number of thiophene rings is 1. The Morgan fingerprint density at radius 2 is 2.06 bits per heavy atom. The third-order valence-corrected chi connectivity index (χ3v) is 4.19. The van der Waals surface area contributed by atoms with Crippen molar-refractivity contribution in [1.82, 2.24) is 9.78 Å². The number of aryl methyl sites for hydroxylation is 1. The van der Waals surface area contributed by atoms with Crippen molar-refractivity contribution in [3.63, 3.8) is 0 Å². The molecule has 0 aliphatic carbocycles. The molecular formula is C13H11ClN2OS. The van der Waals surface area contributed by atoms with E-state index in [0.29, 0.717) is 10.0 Å². The van der Waals surface area contributed by atoms with Gasteiger partial charge in [-0.1, -0.05) is 29.8 Å². The number of aromatic nitrogens is 2. The van der Waals surface area contributed by atoms with Gasteiger partial charge in [0, 0.05) is 17.3 Å². The lowest BCUT2D eigenvalue weighted by atomic mass is 10.1. The Labute approximate surface area is 113 Å². The van der Waals surface area contributed by atoms with E-state index in [4.69, 9.17) is 11.6 Å². The first-order valence-electron chi connectivity index (χ1n) is 5.52. The van der Waals surface area contributed by atoms with Crippen LogP contribution in [0, 0.1) is 0 Å². The second-order valence-corrected chi connectivity index (χ2v) is 5.82. The second kappa shape index (κ2) is 4.39. The van der Waals surface area contributed by atoms with Crippen LogP contribution in [-0.2, 0) is 7.05 Å². The molecule has 1 N–H and O–H groups in total. The summed E-state index contributed by atoms with van der Waals surface area (Å²) in [5.74, 6) is 0. The summed E-state index contributed by atoms with van der Waals surface area (Å²) >= 11 is 7.27. The van der Waals surface area contributed by atoms with Crippen LogP contribution >= 0.6 is 22.9 Å². The fourth-order valence-electron chi connectivity index (χ4n) is 2.05. The van der Waals surface area contributed by atoms with Gasteiger partial charge in [-0.25, -0.2) is 0 Å². The van der Waals surface area contributed by atoms with E-state index in [1.165, 1.54) is 11.3 Å². The van der Waals surface area contributed by atoms with Crippen LogP contribution < -0.4 is 0 Å². The fourth-order valence-corrected chi connectivity index (χ4v) is 3.10. The summed E-state index contributed by atoms with van der Waals surface area (Å²) in [4.78, 5) is 0.809. The summed E-state index contributed by atoms with van der Waals surface area (Å²) in [6, 6.07) is 11.5. The third kappa shape index (κ3) is 1.82. The number of hydrogen-bond donors (Lipinski definition) is 1. The van der Waals surface area contributed by atoms with E-state index in [-0.39, 0.29) is 0 Å². The number of halogens is 1. The predicted octanol–water partition coefficient (Wildman–Crippen LogP) is 3.37. The summed E-state index contributed by atoms with van der Waals surface area (Å²) in [5, 5.41) is 15.8. The van der Waals surface area contributed by atoms with Gasteiger partial charge in [-0.2, -0.15) is 5.10 Å². The number of hydrogen-bond acceptors (Lipinski definition) is 3. The number of aliphatic hydroxyl groups is 1. The van der Waals surface area contributed by atoms with E-state index < -0.39 is 6.10 Å². The molecule has 1 unspecified atom stereocenters. The Kier molecular flexibility index (Phi) is 2.86. The highest BCUT2D eigenvalue weighted by atomic mass is 35.5. The SMILES string of the molecule is Cn1nc(C(O)c2ccc(Cl)s2)c2ccccc21. The molecule has 0 aliphatic rings. The van der Waals surface area contributed by atoms with Crippen LogP contribution in [0.5, 0.6) is 0 Å². The second-order valence-electron chi connectivity index (χ2n) is 4.07. The van der Waals surface area contributed by atoms with E-state index in [9.17, 15) is 5.11 Å². The molecule has 3 aromatic rings. The molecule has 0 radical (unpaired) electrons. The number of benzene rings is 1. The highest BCUT2D eigenvalue weighted by Gasteiger charge is 2.19. The topological polar surface area (TPSA) is 38.0 Å². The molecule has 5 heteroatoms. The molecule has 3 nitrogen and oxygen atoms in total. The lowest BCUT2D eigenvalue weighted by Gasteiger charge is -2.05. The van der Waals surface area contributed by atoms with Crippen molar-refractivity contribution in [1.29, 1.82) is 0 Å². The Bertz CT molecular complexity index is 704. The van der Waals surface area contributed by atoms with Gasteiger partial charge in [0.05, 0.1) is 9.85 Å². The van der Waals surface area contributed by atoms with Crippen LogP contribution in [0.3, 0.4) is 0 Å². The predicted molar refractivity (Wildman–Crippen MR) is 74.1 cm³/mol. The molecule has 0 spiro atoms. The average Bonchev–Trinajstić information content (AvgIpc) is 2.94. The largest absolute Gasteiger partial charge is 0.381 e. The van der Waals surface area contributed by atoms with Crippen molar-refractivity contribution in [3.8, 4) is 0 Å². The maximum absolute atomic E-state index is 10.4. The molecular weight excluding hydrogens is 268 g/mol. The average molecular weight is 279 g/mol. The molecule has 2 heterocycles. The van der Waals surface area contributed by atoms with Crippen molar-refractivity contribution in [2.24, 2.45) is 7.05 Å². The molecule has 1 atom stereocenters. The van der Waals surface area contributed by atoms with E-state index in [1.54, 1.807) is 10.7 Å². The maximum atomic E-state index is 10.4. The van der Waals surface area contributed by atoms with E-state index in [0.717, 1.165) is 15.8 Å². The zero-order chi connectivity index (χ0) is 12.7. The molecule has 18 heavy (non-hydrogen) atoms. The Balaban J connectivity index is 2.14. The van der Waals surface area contributed by atoms with Gasteiger partial charge in [-0.05, 0) is 18.2 Å². The first-order valence-corrected chi connectivity index (χ1v) is 6.71. The molecule has 0 bridgehead atoms. The van der Waals surface area contributed by atoms with Crippen LogP contribution in [0.25, 0.3) is 10.9 Å². The Morgan fingerprint density at radius 1 is 1.28 bits per heavy atom. The number of nitrogens with zero attached hydrogens (tertiary/aromatic N) is 2. The van der Waals surface area contributed by atoms with Crippen molar-refractivity contribution < 1.29 is 5.11 Å². The monoisotopic (exact) mass is 278 g/mol. The quantitative estimate of drug-likeness (QED) is 0.780. The van der Waals surface area contributed by atoms with Gasteiger partial charge in [-0.15, -0.1) is 11.3 Å². The standard InChI is InChI=1S/C13H11ClN2OS/c1-16-9-5-3-2-4-8(9)12(15-16)13(17)10-6-7-11(14)18-10/h2-7,13,17H,1H3. The molecule has 0 aliphatic heterocycles. The zero-order valence-electron chi connectivity index (χ0n) is 9.67. The first-order chi connectivity index (χ1) is 8.66. The van der Waals surface area contributed by atoms with E-state index in [2.05, 4.69) is 5.10 Å². The molecule has 3 rings (SSSR count). The van der Waals surface area contributed by atoms with Crippen LogP contribution in [-0.4, -0.2) is 14.9 Å². The minimum Gasteiger partial charge on any atom is -0.381 e. The van der Waals surface area contributed by atoms with Gasteiger partial charge in [-0.3, -0.25) is 4.68 Å².